The quantitative estimate of drug-likeness (QED) is 0.757. The van der Waals surface area contributed by atoms with E-state index in [1.165, 1.54) is 0 Å². The highest BCUT2D eigenvalue weighted by Gasteiger charge is 2.11. The first kappa shape index (κ1) is 11.9. The molecule has 2 aromatic rings. The molecule has 1 aromatic carbocycles. The molecule has 0 amide bonds. The van der Waals surface area contributed by atoms with Crippen molar-refractivity contribution < 1.29 is 0 Å². The largest absolute Gasteiger partial charge is 0.235 e. The van der Waals surface area contributed by atoms with Gasteiger partial charge in [-0.2, -0.15) is 5.26 Å². The summed E-state index contributed by atoms with van der Waals surface area (Å²) < 4.78 is 1.12. The van der Waals surface area contributed by atoms with Crippen LogP contribution in [0.1, 0.15) is 11.4 Å². The van der Waals surface area contributed by atoms with Gasteiger partial charge in [0.15, 0.2) is 0 Å². The molecule has 0 saturated carbocycles. The zero-order valence-corrected chi connectivity index (χ0v) is 11.1. The van der Waals surface area contributed by atoms with Gasteiger partial charge in [-0.25, -0.2) is 4.98 Å². The Morgan fingerprint density at radius 3 is 3.00 bits per heavy atom. The molecule has 0 N–H and O–H groups in total. The number of rotatable bonds is 2. The zero-order chi connectivity index (χ0) is 13.1. The molecule has 1 heterocycles. The highest BCUT2D eigenvalue weighted by atomic mass is 32.1. The van der Waals surface area contributed by atoms with Crippen LogP contribution in [0.15, 0.2) is 54.6 Å². The van der Waals surface area contributed by atoms with Gasteiger partial charge in [-0.15, -0.1) is 11.3 Å². The summed E-state index contributed by atoms with van der Waals surface area (Å²) >= 11 is 1.57. The number of nitriles is 1. The second-order valence-corrected chi connectivity index (χ2v) is 5.42. The van der Waals surface area contributed by atoms with Crippen molar-refractivity contribution in [2.24, 2.45) is 5.92 Å². The lowest BCUT2D eigenvalue weighted by molar-refractivity contribution is 0.824. The molecule has 1 aromatic heterocycles. The van der Waals surface area contributed by atoms with E-state index in [0.717, 1.165) is 21.6 Å². The van der Waals surface area contributed by atoms with Gasteiger partial charge in [0.05, 0.1) is 15.8 Å². The predicted molar refractivity (Wildman–Crippen MR) is 79.6 cm³/mol. The Morgan fingerprint density at radius 1 is 1.37 bits per heavy atom. The predicted octanol–water partition coefficient (Wildman–Crippen LogP) is 4.34. The van der Waals surface area contributed by atoms with Gasteiger partial charge in [0, 0.05) is 5.92 Å². The van der Waals surface area contributed by atoms with Crippen molar-refractivity contribution in [3.63, 3.8) is 0 Å². The molecule has 1 unspecified atom stereocenters. The van der Waals surface area contributed by atoms with E-state index in [9.17, 15) is 5.26 Å². The van der Waals surface area contributed by atoms with Crippen LogP contribution >= 0.6 is 11.3 Å². The minimum atomic E-state index is 0.298. The number of benzene rings is 1. The molecule has 3 rings (SSSR count). The van der Waals surface area contributed by atoms with Gasteiger partial charge in [-0.05, 0) is 18.6 Å². The Bertz CT molecular complexity index is 696. The molecule has 0 fully saturated rings. The normalized spacial score (nSPS) is 18.7. The minimum Gasteiger partial charge on any atom is -0.235 e. The van der Waals surface area contributed by atoms with Crippen LogP contribution in [-0.4, -0.2) is 4.98 Å². The van der Waals surface area contributed by atoms with E-state index in [-0.39, 0.29) is 0 Å². The Balaban J connectivity index is 1.98. The number of aromatic nitrogens is 1. The summed E-state index contributed by atoms with van der Waals surface area (Å²) in [5, 5.41) is 10.2. The number of allylic oxidation sites excluding steroid dienone is 6. The van der Waals surface area contributed by atoms with Gasteiger partial charge in [0.1, 0.15) is 11.1 Å². The molecule has 3 heteroatoms. The number of hydrogen-bond donors (Lipinski definition) is 0. The fourth-order valence-electron chi connectivity index (χ4n) is 2.08. The standard InChI is InChI=1S/C16H12N2S/c17-11-13(10-12-6-2-1-3-7-12)16-18-14-8-4-5-9-15(14)19-16/h1-6,8-10,12H,7H2/b13-10+. The molecule has 1 atom stereocenters. The minimum absolute atomic E-state index is 0.298. The third-order valence-electron chi connectivity index (χ3n) is 3.04. The van der Waals surface area contributed by atoms with Crippen LogP contribution in [0.25, 0.3) is 15.8 Å². The van der Waals surface area contributed by atoms with Crippen molar-refractivity contribution in [2.75, 3.05) is 0 Å². The molecular formula is C16H12N2S. The van der Waals surface area contributed by atoms with Gasteiger partial charge in [-0.3, -0.25) is 0 Å². The van der Waals surface area contributed by atoms with E-state index in [1.54, 1.807) is 11.3 Å². The average molecular weight is 264 g/mol. The molecular weight excluding hydrogens is 252 g/mol. The van der Waals surface area contributed by atoms with E-state index in [4.69, 9.17) is 0 Å². The van der Waals surface area contributed by atoms with Crippen molar-refractivity contribution in [1.29, 1.82) is 5.26 Å². The molecule has 92 valence electrons. The maximum atomic E-state index is 9.34. The molecule has 19 heavy (non-hydrogen) atoms. The summed E-state index contributed by atoms with van der Waals surface area (Å²) in [5.74, 6) is 0.298. The summed E-state index contributed by atoms with van der Waals surface area (Å²) in [6.07, 6.45) is 11.3. The zero-order valence-electron chi connectivity index (χ0n) is 10.3. The Hall–Kier alpha value is -2.18. The summed E-state index contributed by atoms with van der Waals surface area (Å²) in [6, 6.07) is 10.3. The fourth-order valence-corrected chi connectivity index (χ4v) is 3.02. The maximum Gasteiger partial charge on any atom is 0.134 e. The number of nitrogens with zero attached hydrogens (tertiary/aromatic N) is 2. The number of para-hydroxylation sites is 1. The third-order valence-corrected chi connectivity index (χ3v) is 4.11. The number of hydrogen-bond acceptors (Lipinski definition) is 3. The first-order valence-electron chi connectivity index (χ1n) is 6.18. The van der Waals surface area contributed by atoms with Crippen LogP contribution in [0.3, 0.4) is 0 Å². The van der Waals surface area contributed by atoms with Crippen molar-refractivity contribution in [2.45, 2.75) is 6.42 Å². The van der Waals surface area contributed by atoms with Crippen LogP contribution in [0.4, 0.5) is 0 Å². The summed E-state index contributed by atoms with van der Waals surface area (Å²) in [7, 11) is 0. The molecule has 0 aliphatic heterocycles. The molecule has 1 aliphatic rings. The molecule has 2 nitrogen and oxygen atoms in total. The van der Waals surface area contributed by atoms with Gasteiger partial charge in [0.2, 0.25) is 0 Å². The fraction of sp³-hybridized carbons (Fsp3) is 0.125. The Morgan fingerprint density at radius 2 is 2.26 bits per heavy atom. The summed E-state index contributed by atoms with van der Waals surface area (Å²) in [6.45, 7) is 0. The SMILES string of the molecule is N#C/C(=C\C1C=CC=CC1)c1nc2ccccc2s1. The third kappa shape index (κ3) is 2.49. The molecule has 0 spiro atoms. The first-order valence-corrected chi connectivity index (χ1v) is 6.99. The molecule has 0 saturated heterocycles. The molecule has 1 aliphatic carbocycles. The number of thiazole rings is 1. The van der Waals surface area contributed by atoms with Crippen molar-refractivity contribution >= 4 is 27.1 Å². The van der Waals surface area contributed by atoms with Gasteiger partial charge < -0.3 is 0 Å². The second kappa shape index (κ2) is 5.21. The van der Waals surface area contributed by atoms with Gasteiger partial charge in [-0.1, -0.05) is 42.5 Å². The van der Waals surface area contributed by atoms with E-state index in [1.807, 2.05) is 42.5 Å². The van der Waals surface area contributed by atoms with Crippen LogP contribution in [0.5, 0.6) is 0 Å². The monoisotopic (exact) mass is 264 g/mol. The van der Waals surface area contributed by atoms with E-state index < -0.39 is 0 Å². The lowest BCUT2D eigenvalue weighted by Crippen LogP contribution is -1.94. The highest BCUT2D eigenvalue weighted by molar-refractivity contribution is 7.19. The van der Waals surface area contributed by atoms with Crippen molar-refractivity contribution in [3.05, 3.63) is 59.7 Å². The smallest absolute Gasteiger partial charge is 0.134 e. The van der Waals surface area contributed by atoms with Crippen LogP contribution < -0.4 is 0 Å². The van der Waals surface area contributed by atoms with E-state index in [0.29, 0.717) is 11.5 Å². The van der Waals surface area contributed by atoms with Crippen molar-refractivity contribution in [1.82, 2.24) is 4.98 Å². The van der Waals surface area contributed by atoms with E-state index >= 15 is 0 Å². The van der Waals surface area contributed by atoms with Gasteiger partial charge in [0.25, 0.3) is 0 Å². The lowest BCUT2D eigenvalue weighted by Gasteiger charge is -2.07. The number of fused-ring (bicyclic) bond motifs is 1. The van der Waals surface area contributed by atoms with Crippen LogP contribution in [0, 0.1) is 17.2 Å². The van der Waals surface area contributed by atoms with E-state index in [2.05, 4.69) is 23.2 Å². The van der Waals surface area contributed by atoms with Crippen LogP contribution in [0.2, 0.25) is 0 Å². The topological polar surface area (TPSA) is 36.7 Å². The summed E-state index contributed by atoms with van der Waals surface area (Å²) in [4.78, 5) is 4.54. The molecule has 0 radical (unpaired) electrons. The second-order valence-electron chi connectivity index (χ2n) is 4.39. The average Bonchev–Trinajstić information content (AvgIpc) is 2.89. The maximum absolute atomic E-state index is 9.34. The van der Waals surface area contributed by atoms with Crippen LogP contribution in [-0.2, 0) is 0 Å². The Kier molecular flexibility index (Phi) is 3.26. The Labute approximate surface area is 116 Å². The molecule has 0 bridgehead atoms. The lowest BCUT2D eigenvalue weighted by atomic mass is 9.98. The highest BCUT2D eigenvalue weighted by Crippen LogP contribution is 2.28. The van der Waals surface area contributed by atoms with Crippen molar-refractivity contribution in [3.8, 4) is 6.07 Å². The first-order chi connectivity index (χ1) is 9.36. The van der Waals surface area contributed by atoms with Gasteiger partial charge >= 0.3 is 0 Å². The summed E-state index contributed by atoms with van der Waals surface area (Å²) in [5.41, 5.74) is 1.63.